The normalized spacial score (nSPS) is 16.7. The van der Waals surface area contributed by atoms with Gasteiger partial charge in [0.1, 0.15) is 11.4 Å². The summed E-state index contributed by atoms with van der Waals surface area (Å²) in [7, 11) is -2.93. The first-order valence-electron chi connectivity index (χ1n) is 11.0. The molecule has 0 unspecified atom stereocenters. The molecular formula is C24H28F3NO5S2. The highest BCUT2D eigenvalue weighted by Gasteiger charge is 2.36. The highest BCUT2D eigenvalue weighted by atomic mass is 32.2. The van der Waals surface area contributed by atoms with E-state index in [-0.39, 0.29) is 11.5 Å². The number of sulfonamides is 1. The van der Waals surface area contributed by atoms with Crippen molar-refractivity contribution in [2.45, 2.75) is 67.6 Å². The minimum atomic E-state index is -4.71. The van der Waals surface area contributed by atoms with Crippen molar-refractivity contribution in [3.63, 3.8) is 0 Å². The van der Waals surface area contributed by atoms with Gasteiger partial charge in [-0.25, -0.2) is 13.2 Å². The van der Waals surface area contributed by atoms with Gasteiger partial charge in [-0.3, -0.25) is 0 Å². The van der Waals surface area contributed by atoms with Crippen LogP contribution < -0.4 is 4.74 Å². The van der Waals surface area contributed by atoms with Gasteiger partial charge in [0.15, 0.2) is 6.61 Å². The summed E-state index contributed by atoms with van der Waals surface area (Å²) in [5.41, 5.74) is -0.302. The SMILES string of the molecule is CN([C@@H]1CCCc2c(OCC(=O)OC(C)(C)C)cccc21)S(=O)(=O)c1cc(S)cc(C(F)(F)F)c1. The number of halogens is 3. The van der Waals surface area contributed by atoms with E-state index >= 15 is 0 Å². The summed E-state index contributed by atoms with van der Waals surface area (Å²) in [6.07, 6.45) is -3.00. The molecule has 2 aromatic rings. The molecule has 0 saturated heterocycles. The summed E-state index contributed by atoms with van der Waals surface area (Å²) in [5.74, 6) is -0.0881. The van der Waals surface area contributed by atoms with Crippen LogP contribution in [0, 0.1) is 0 Å². The molecule has 0 amide bonds. The number of esters is 1. The van der Waals surface area contributed by atoms with E-state index < -0.39 is 44.3 Å². The second-order valence-electron chi connectivity index (χ2n) is 9.34. The number of nitrogens with zero attached hydrogens (tertiary/aromatic N) is 1. The second kappa shape index (κ2) is 10.0. The number of carbonyl (C=O) groups excluding carboxylic acids is 1. The monoisotopic (exact) mass is 531 g/mol. The summed E-state index contributed by atoms with van der Waals surface area (Å²) in [5, 5.41) is 0. The third-order valence-corrected chi connectivity index (χ3v) is 7.64. The molecule has 0 aliphatic heterocycles. The zero-order chi connectivity index (χ0) is 26.2. The smallest absolute Gasteiger partial charge is 0.416 e. The Kier molecular flexibility index (Phi) is 7.83. The first-order valence-corrected chi connectivity index (χ1v) is 12.8. The van der Waals surface area contributed by atoms with Gasteiger partial charge in [0.2, 0.25) is 10.0 Å². The summed E-state index contributed by atoms with van der Waals surface area (Å²) in [6.45, 7) is 4.94. The van der Waals surface area contributed by atoms with Crippen LogP contribution in [0.1, 0.15) is 56.3 Å². The zero-order valence-corrected chi connectivity index (χ0v) is 21.6. The fraction of sp³-hybridized carbons (Fsp3) is 0.458. The minimum Gasteiger partial charge on any atom is -0.482 e. The summed E-state index contributed by atoms with van der Waals surface area (Å²) in [6, 6.07) is 7.04. The molecule has 1 aliphatic rings. The van der Waals surface area contributed by atoms with Gasteiger partial charge in [-0.2, -0.15) is 17.5 Å². The average molecular weight is 532 g/mol. The Morgan fingerprint density at radius 3 is 2.49 bits per heavy atom. The van der Waals surface area contributed by atoms with Gasteiger partial charge in [-0.1, -0.05) is 12.1 Å². The number of hydrogen-bond donors (Lipinski definition) is 1. The van der Waals surface area contributed by atoms with Crippen LogP contribution in [0.4, 0.5) is 13.2 Å². The number of ether oxygens (including phenoxy) is 2. The number of fused-ring (bicyclic) bond motifs is 1. The molecule has 0 spiro atoms. The molecule has 0 aromatic heterocycles. The van der Waals surface area contributed by atoms with E-state index in [1.165, 1.54) is 7.05 Å². The first kappa shape index (κ1) is 27.3. The number of thiol groups is 1. The third-order valence-electron chi connectivity index (χ3n) is 5.53. The highest BCUT2D eigenvalue weighted by Crippen LogP contribution is 2.41. The molecular weight excluding hydrogens is 503 g/mol. The minimum absolute atomic E-state index is 0.103. The molecule has 2 aromatic carbocycles. The maximum absolute atomic E-state index is 13.3. The molecule has 0 saturated carbocycles. The van der Waals surface area contributed by atoms with Crippen LogP contribution in [0.15, 0.2) is 46.2 Å². The standard InChI is InChI=1S/C24H28F3NO5S2/c1-23(2,3)33-22(29)14-32-21-10-6-7-18-19(21)8-5-9-20(18)28(4)35(30,31)17-12-15(24(25,26)27)11-16(34)13-17/h6-7,10-13,20,34H,5,8-9,14H2,1-4H3/t20-/m1/s1. The fourth-order valence-corrected chi connectivity index (χ4v) is 5.84. The molecule has 6 nitrogen and oxygen atoms in total. The quantitative estimate of drug-likeness (QED) is 0.399. The van der Waals surface area contributed by atoms with Gasteiger partial charge in [0.25, 0.3) is 0 Å². The predicted molar refractivity (Wildman–Crippen MR) is 127 cm³/mol. The van der Waals surface area contributed by atoms with Crippen LogP contribution >= 0.6 is 12.6 Å². The van der Waals surface area contributed by atoms with Gasteiger partial charge in [-0.05, 0) is 75.4 Å². The topological polar surface area (TPSA) is 72.9 Å². The van der Waals surface area contributed by atoms with Gasteiger partial charge in [0, 0.05) is 11.9 Å². The molecule has 11 heteroatoms. The van der Waals surface area contributed by atoms with Crippen molar-refractivity contribution in [1.29, 1.82) is 0 Å². The van der Waals surface area contributed by atoms with Crippen molar-refractivity contribution < 1.29 is 35.9 Å². The van der Waals surface area contributed by atoms with Gasteiger partial charge in [-0.15, -0.1) is 12.6 Å². The lowest BCUT2D eigenvalue weighted by atomic mass is 9.87. The molecule has 0 N–H and O–H groups in total. The van der Waals surface area contributed by atoms with Gasteiger partial charge >= 0.3 is 12.1 Å². The van der Waals surface area contributed by atoms with E-state index in [4.69, 9.17) is 9.47 Å². The van der Waals surface area contributed by atoms with Crippen molar-refractivity contribution in [2.24, 2.45) is 0 Å². The molecule has 3 rings (SSSR count). The van der Waals surface area contributed by atoms with E-state index in [2.05, 4.69) is 12.6 Å². The van der Waals surface area contributed by atoms with E-state index in [1.54, 1.807) is 39.0 Å². The molecule has 0 fully saturated rings. The molecule has 0 radical (unpaired) electrons. The zero-order valence-electron chi connectivity index (χ0n) is 19.8. The van der Waals surface area contributed by atoms with Crippen molar-refractivity contribution in [1.82, 2.24) is 4.31 Å². The maximum Gasteiger partial charge on any atom is 0.416 e. The largest absolute Gasteiger partial charge is 0.482 e. The lowest BCUT2D eigenvalue weighted by Crippen LogP contribution is -2.34. The molecule has 0 bridgehead atoms. The average Bonchev–Trinajstić information content (AvgIpc) is 2.74. The number of benzene rings is 2. The molecule has 1 atom stereocenters. The molecule has 35 heavy (non-hydrogen) atoms. The van der Waals surface area contributed by atoms with Crippen LogP contribution in [-0.2, 0) is 32.2 Å². The van der Waals surface area contributed by atoms with Crippen LogP contribution in [0.3, 0.4) is 0 Å². The lowest BCUT2D eigenvalue weighted by Gasteiger charge is -2.33. The van der Waals surface area contributed by atoms with E-state index in [9.17, 15) is 26.4 Å². The Hall–Kier alpha value is -2.24. The number of hydrogen-bond acceptors (Lipinski definition) is 6. The maximum atomic E-state index is 13.3. The summed E-state index contributed by atoms with van der Waals surface area (Å²) in [4.78, 5) is 11.5. The summed E-state index contributed by atoms with van der Waals surface area (Å²) >= 11 is 3.97. The van der Waals surface area contributed by atoms with Crippen LogP contribution in [-0.4, -0.2) is 37.9 Å². The number of carbonyl (C=O) groups is 1. The van der Waals surface area contributed by atoms with Crippen molar-refractivity contribution in [2.75, 3.05) is 13.7 Å². The van der Waals surface area contributed by atoms with Crippen LogP contribution in [0.25, 0.3) is 0 Å². The molecule has 1 aliphatic carbocycles. The van der Waals surface area contributed by atoms with Gasteiger partial charge in [0.05, 0.1) is 16.5 Å². The van der Waals surface area contributed by atoms with E-state index in [0.717, 1.165) is 22.0 Å². The number of rotatable bonds is 6. The van der Waals surface area contributed by atoms with Crippen LogP contribution in [0.2, 0.25) is 0 Å². The van der Waals surface area contributed by atoms with Crippen LogP contribution in [0.5, 0.6) is 5.75 Å². The number of alkyl halides is 3. The Morgan fingerprint density at radius 1 is 1.17 bits per heavy atom. The Labute approximate surface area is 208 Å². The highest BCUT2D eigenvalue weighted by molar-refractivity contribution is 7.89. The third kappa shape index (κ3) is 6.50. The second-order valence-corrected chi connectivity index (χ2v) is 11.9. The molecule has 0 heterocycles. The lowest BCUT2D eigenvalue weighted by molar-refractivity contribution is -0.157. The van der Waals surface area contributed by atoms with Gasteiger partial charge < -0.3 is 9.47 Å². The Bertz CT molecular complexity index is 1210. The Balaban J connectivity index is 1.90. The van der Waals surface area contributed by atoms with E-state index in [0.29, 0.717) is 36.6 Å². The van der Waals surface area contributed by atoms with Crippen molar-refractivity contribution in [3.8, 4) is 5.75 Å². The fourth-order valence-electron chi connectivity index (χ4n) is 4.04. The van der Waals surface area contributed by atoms with E-state index in [1.807, 2.05) is 0 Å². The molecule has 192 valence electrons. The van der Waals surface area contributed by atoms with Crippen molar-refractivity contribution in [3.05, 3.63) is 53.1 Å². The van der Waals surface area contributed by atoms with Crippen molar-refractivity contribution >= 4 is 28.6 Å². The predicted octanol–water partition coefficient (Wildman–Crippen LogP) is 5.41. The summed E-state index contributed by atoms with van der Waals surface area (Å²) < 4.78 is 78.5. The Morgan fingerprint density at radius 2 is 1.86 bits per heavy atom. The first-order chi connectivity index (χ1) is 16.1.